The molecule has 1 heterocycles. The van der Waals surface area contributed by atoms with Crippen LogP contribution in [0.15, 0.2) is 22.7 Å². The summed E-state index contributed by atoms with van der Waals surface area (Å²) in [4.78, 5) is 24.3. The molecular weight excluding hydrogens is 242 g/mol. The number of non-ortho nitro benzene ring substituents is 1. The predicted octanol–water partition coefficient (Wildman–Crippen LogP) is 1.65. The molecule has 0 aliphatic rings. The number of hydrogen-bond donors (Lipinski definition) is 1. The molecule has 1 N–H and O–H groups in total. The topological polar surface area (TPSA) is 119 Å². The van der Waals surface area contributed by atoms with E-state index in [4.69, 9.17) is 9.63 Å². The molecule has 0 fully saturated rings. The van der Waals surface area contributed by atoms with Crippen molar-refractivity contribution >= 4 is 11.7 Å². The molecule has 2 aromatic rings. The van der Waals surface area contributed by atoms with Crippen LogP contribution in [0.4, 0.5) is 5.69 Å². The molecule has 8 nitrogen and oxygen atoms in total. The maximum absolute atomic E-state index is 10.6. The van der Waals surface area contributed by atoms with Gasteiger partial charge in [0.15, 0.2) is 0 Å². The number of carboxylic acids is 1. The van der Waals surface area contributed by atoms with Crippen molar-refractivity contribution < 1.29 is 19.3 Å². The summed E-state index contributed by atoms with van der Waals surface area (Å²) in [5.74, 6) is -1.74. The van der Waals surface area contributed by atoms with Gasteiger partial charge in [-0.2, -0.15) is 4.98 Å². The highest BCUT2D eigenvalue weighted by molar-refractivity contribution is 5.83. The Morgan fingerprint density at radius 1 is 1.50 bits per heavy atom. The maximum atomic E-state index is 10.6. The second kappa shape index (κ2) is 4.24. The van der Waals surface area contributed by atoms with Crippen LogP contribution < -0.4 is 0 Å². The van der Waals surface area contributed by atoms with E-state index in [0.717, 1.165) is 0 Å². The highest BCUT2D eigenvalue weighted by atomic mass is 16.6. The summed E-state index contributed by atoms with van der Waals surface area (Å²) in [6, 6.07) is 4.07. The third kappa shape index (κ3) is 2.03. The first-order chi connectivity index (χ1) is 8.49. The summed E-state index contributed by atoms with van der Waals surface area (Å²) >= 11 is 0. The third-order valence-corrected chi connectivity index (χ3v) is 2.27. The lowest BCUT2D eigenvalue weighted by atomic mass is 10.1. The van der Waals surface area contributed by atoms with Gasteiger partial charge >= 0.3 is 5.97 Å². The van der Waals surface area contributed by atoms with Crippen molar-refractivity contribution in [2.45, 2.75) is 6.92 Å². The van der Waals surface area contributed by atoms with E-state index in [0.29, 0.717) is 11.1 Å². The molecule has 0 spiro atoms. The Morgan fingerprint density at radius 2 is 2.22 bits per heavy atom. The van der Waals surface area contributed by atoms with E-state index in [-0.39, 0.29) is 11.6 Å². The number of aromatic nitrogens is 2. The number of hydrogen-bond acceptors (Lipinski definition) is 6. The van der Waals surface area contributed by atoms with Gasteiger partial charge in [-0.05, 0) is 23.7 Å². The second-order valence-corrected chi connectivity index (χ2v) is 3.48. The van der Waals surface area contributed by atoms with E-state index < -0.39 is 16.7 Å². The van der Waals surface area contributed by atoms with E-state index in [1.54, 1.807) is 6.92 Å². The van der Waals surface area contributed by atoms with Gasteiger partial charge in [-0.25, -0.2) is 4.79 Å². The molecule has 0 unspecified atom stereocenters. The molecule has 0 atom stereocenters. The van der Waals surface area contributed by atoms with Crippen LogP contribution >= 0.6 is 0 Å². The van der Waals surface area contributed by atoms with Gasteiger partial charge in [0, 0.05) is 17.7 Å². The smallest absolute Gasteiger partial charge is 0.377 e. The normalized spacial score (nSPS) is 10.3. The molecule has 0 bridgehead atoms. The Labute approximate surface area is 100 Å². The van der Waals surface area contributed by atoms with Crippen LogP contribution in [0, 0.1) is 17.0 Å². The molecule has 1 aromatic carbocycles. The van der Waals surface area contributed by atoms with E-state index >= 15 is 0 Å². The minimum Gasteiger partial charge on any atom is -0.475 e. The van der Waals surface area contributed by atoms with Gasteiger partial charge in [-0.1, -0.05) is 0 Å². The lowest BCUT2D eigenvalue weighted by Crippen LogP contribution is -1.98. The van der Waals surface area contributed by atoms with Crippen LogP contribution in [-0.4, -0.2) is 26.1 Å². The van der Waals surface area contributed by atoms with Gasteiger partial charge in [0.05, 0.1) is 4.92 Å². The number of carbonyl (C=O) groups is 1. The third-order valence-electron chi connectivity index (χ3n) is 2.27. The molecule has 0 saturated heterocycles. The Balaban J connectivity index is 2.44. The zero-order valence-electron chi connectivity index (χ0n) is 9.15. The summed E-state index contributed by atoms with van der Waals surface area (Å²) in [6.45, 7) is 1.63. The Bertz CT molecular complexity index is 634. The summed E-state index contributed by atoms with van der Waals surface area (Å²) in [6.07, 6.45) is 0. The summed E-state index contributed by atoms with van der Waals surface area (Å²) in [5.41, 5.74) is 0.944. The lowest BCUT2D eigenvalue weighted by molar-refractivity contribution is -0.384. The molecule has 1 aromatic heterocycles. The van der Waals surface area contributed by atoms with Gasteiger partial charge in [-0.15, -0.1) is 0 Å². The number of carboxylic acid groups (broad SMARTS) is 1. The van der Waals surface area contributed by atoms with Crippen molar-refractivity contribution in [3.63, 3.8) is 0 Å². The van der Waals surface area contributed by atoms with Crippen LogP contribution in [0.3, 0.4) is 0 Å². The molecule has 8 heteroatoms. The SMILES string of the molecule is Cc1cc([N+](=O)[O-])ccc1-c1nc(C(=O)O)no1. The monoisotopic (exact) mass is 249 g/mol. The van der Waals surface area contributed by atoms with Gasteiger partial charge in [0.2, 0.25) is 0 Å². The fourth-order valence-electron chi connectivity index (χ4n) is 1.42. The zero-order chi connectivity index (χ0) is 13.3. The predicted molar refractivity (Wildman–Crippen MR) is 58.1 cm³/mol. The second-order valence-electron chi connectivity index (χ2n) is 3.48. The number of aryl methyl sites for hydroxylation is 1. The minimum atomic E-state index is -1.30. The van der Waals surface area contributed by atoms with Crippen LogP contribution in [0.5, 0.6) is 0 Å². The number of nitrogens with zero attached hydrogens (tertiary/aromatic N) is 3. The van der Waals surface area contributed by atoms with Crippen LogP contribution in [0.2, 0.25) is 0 Å². The Hall–Kier alpha value is -2.77. The fraction of sp³-hybridized carbons (Fsp3) is 0.100. The quantitative estimate of drug-likeness (QED) is 0.648. The van der Waals surface area contributed by atoms with Crippen molar-refractivity contribution in [3.8, 4) is 11.5 Å². The molecule has 92 valence electrons. The molecular formula is C10H7N3O5. The summed E-state index contributed by atoms with van der Waals surface area (Å²) < 4.78 is 4.78. The van der Waals surface area contributed by atoms with E-state index in [1.165, 1.54) is 18.2 Å². The number of aromatic carboxylic acids is 1. The van der Waals surface area contributed by atoms with Gasteiger partial charge in [-0.3, -0.25) is 10.1 Å². The largest absolute Gasteiger partial charge is 0.475 e. The summed E-state index contributed by atoms with van der Waals surface area (Å²) in [5, 5.41) is 22.5. The average Bonchev–Trinajstić information content (AvgIpc) is 2.78. The van der Waals surface area contributed by atoms with Crippen LogP contribution in [0.25, 0.3) is 11.5 Å². The highest BCUT2D eigenvalue weighted by Gasteiger charge is 2.17. The first-order valence-electron chi connectivity index (χ1n) is 4.81. The molecule has 0 amide bonds. The van der Waals surface area contributed by atoms with Crippen molar-refractivity contribution in [2.75, 3.05) is 0 Å². The van der Waals surface area contributed by atoms with E-state index in [1.807, 2.05) is 0 Å². The number of nitro groups is 1. The summed E-state index contributed by atoms with van der Waals surface area (Å²) in [7, 11) is 0. The molecule has 2 rings (SSSR count). The fourth-order valence-corrected chi connectivity index (χ4v) is 1.42. The highest BCUT2D eigenvalue weighted by Crippen LogP contribution is 2.25. The Kier molecular flexibility index (Phi) is 2.76. The molecule has 0 saturated carbocycles. The van der Waals surface area contributed by atoms with E-state index in [9.17, 15) is 14.9 Å². The van der Waals surface area contributed by atoms with Crippen molar-refractivity contribution in [3.05, 3.63) is 39.7 Å². The van der Waals surface area contributed by atoms with Crippen molar-refractivity contribution in [2.24, 2.45) is 0 Å². The van der Waals surface area contributed by atoms with Crippen molar-refractivity contribution in [1.82, 2.24) is 10.1 Å². The van der Waals surface area contributed by atoms with Crippen molar-refractivity contribution in [1.29, 1.82) is 0 Å². The standard InChI is InChI=1S/C10H7N3O5/c1-5-4-6(13(16)17)2-3-7(5)9-11-8(10(14)15)12-18-9/h2-4H,1H3,(H,14,15). The Morgan fingerprint density at radius 3 is 2.72 bits per heavy atom. The number of rotatable bonds is 3. The lowest BCUT2D eigenvalue weighted by Gasteiger charge is -1.99. The van der Waals surface area contributed by atoms with Gasteiger partial charge in [0.25, 0.3) is 17.4 Å². The molecule has 0 radical (unpaired) electrons. The number of nitro benzene ring substituents is 1. The zero-order valence-corrected chi connectivity index (χ0v) is 9.15. The van der Waals surface area contributed by atoms with Gasteiger partial charge < -0.3 is 9.63 Å². The van der Waals surface area contributed by atoms with E-state index in [2.05, 4.69) is 10.1 Å². The molecule has 0 aliphatic carbocycles. The molecule has 0 aliphatic heterocycles. The number of benzene rings is 1. The van der Waals surface area contributed by atoms with Crippen LogP contribution in [-0.2, 0) is 0 Å². The first-order valence-corrected chi connectivity index (χ1v) is 4.81. The van der Waals surface area contributed by atoms with Gasteiger partial charge in [0.1, 0.15) is 0 Å². The average molecular weight is 249 g/mol. The molecule has 18 heavy (non-hydrogen) atoms. The first kappa shape index (κ1) is 11.7. The minimum absolute atomic E-state index is 0.0137. The maximum Gasteiger partial charge on any atom is 0.377 e. The van der Waals surface area contributed by atoms with Crippen LogP contribution in [0.1, 0.15) is 16.2 Å².